The average molecular weight is 234 g/mol. The quantitative estimate of drug-likeness (QED) is 0.715. The van der Waals surface area contributed by atoms with Gasteiger partial charge in [-0.15, -0.1) is 0 Å². The molecule has 1 amide bonds. The van der Waals surface area contributed by atoms with Crippen molar-refractivity contribution in [3.63, 3.8) is 0 Å². The van der Waals surface area contributed by atoms with E-state index in [0.29, 0.717) is 19.7 Å². The zero-order chi connectivity index (χ0) is 12.5. The monoisotopic (exact) mass is 234 g/mol. The van der Waals surface area contributed by atoms with E-state index in [0.717, 1.165) is 0 Å². The average Bonchev–Trinajstić information content (AvgIpc) is 2.39. The maximum absolute atomic E-state index is 12.0. The normalized spacial score (nSPS) is 9.65. The molecule has 0 spiro atoms. The third kappa shape index (κ3) is 4.17. The minimum atomic E-state index is -0.231. The summed E-state index contributed by atoms with van der Waals surface area (Å²) in [6, 6.07) is 2.01. The molecule has 1 aromatic rings. The number of hydrogen-bond acceptors (Lipinski definition) is 5. The van der Waals surface area contributed by atoms with Crippen LogP contribution in [-0.2, 0) is 4.74 Å². The van der Waals surface area contributed by atoms with Crippen molar-refractivity contribution in [2.75, 3.05) is 26.8 Å². The number of aromatic nitrogens is 2. The third-order valence-electron chi connectivity index (χ3n) is 2.13. The Hall–Kier alpha value is -2.00. The molecule has 1 aromatic heterocycles. The zero-order valence-electron chi connectivity index (χ0n) is 9.67. The van der Waals surface area contributed by atoms with Crippen molar-refractivity contribution in [1.82, 2.24) is 14.9 Å². The lowest BCUT2D eigenvalue weighted by atomic mass is 10.3. The van der Waals surface area contributed by atoms with Gasteiger partial charge in [0.2, 0.25) is 0 Å². The van der Waals surface area contributed by atoms with Gasteiger partial charge in [-0.1, -0.05) is 0 Å². The topological polar surface area (TPSA) is 79.1 Å². The van der Waals surface area contributed by atoms with E-state index in [1.165, 1.54) is 23.5 Å². The van der Waals surface area contributed by atoms with Crippen LogP contribution in [0.15, 0.2) is 18.6 Å². The molecule has 0 unspecified atom stereocenters. The molecule has 0 aliphatic heterocycles. The van der Waals surface area contributed by atoms with Crippen LogP contribution in [0.4, 0.5) is 0 Å². The molecule has 90 valence electrons. The van der Waals surface area contributed by atoms with Crippen LogP contribution in [0, 0.1) is 11.3 Å². The van der Waals surface area contributed by atoms with Gasteiger partial charge < -0.3 is 9.64 Å². The summed E-state index contributed by atoms with van der Waals surface area (Å²) in [4.78, 5) is 21.3. The molecule has 0 radical (unpaired) electrons. The number of ether oxygens (including phenoxy) is 1. The first kappa shape index (κ1) is 13.1. The molecule has 17 heavy (non-hydrogen) atoms. The Morgan fingerprint density at radius 2 is 2.35 bits per heavy atom. The molecule has 1 rings (SSSR count). The molecule has 0 fully saturated rings. The maximum Gasteiger partial charge on any atom is 0.274 e. The van der Waals surface area contributed by atoms with E-state index in [2.05, 4.69) is 9.97 Å². The van der Waals surface area contributed by atoms with Crippen LogP contribution in [0.2, 0.25) is 0 Å². The van der Waals surface area contributed by atoms with Crippen molar-refractivity contribution >= 4 is 5.91 Å². The Morgan fingerprint density at radius 3 is 2.94 bits per heavy atom. The van der Waals surface area contributed by atoms with Gasteiger partial charge in [0.15, 0.2) is 0 Å². The molecule has 0 aliphatic rings. The Bertz CT molecular complexity index is 388. The van der Waals surface area contributed by atoms with E-state index in [9.17, 15) is 4.79 Å². The van der Waals surface area contributed by atoms with Crippen LogP contribution in [0.1, 0.15) is 16.9 Å². The fourth-order valence-corrected chi connectivity index (χ4v) is 1.27. The summed E-state index contributed by atoms with van der Waals surface area (Å²) in [5, 5.41) is 8.55. The smallest absolute Gasteiger partial charge is 0.274 e. The molecule has 0 atom stereocenters. The van der Waals surface area contributed by atoms with E-state index in [1.54, 1.807) is 7.11 Å². The van der Waals surface area contributed by atoms with Gasteiger partial charge in [-0.25, -0.2) is 4.98 Å². The number of rotatable bonds is 6. The van der Waals surface area contributed by atoms with E-state index in [-0.39, 0.29) is 18.0 Å². The molecule has 6 heteroatoms. The van der Waals surface area contributed by atoms with Crippen molar-refractivity contribution in [3.8, 4) is 6.07 Å². The lowest BCUT2D eigenvalue weighted by Crippen LogP contribution is -2.35. The van der Waals surface area contributed by atoms with Crippen molar-refractivity contribution < 1.29 is 9.53 Å². The van der Waals surface area contributed by atoms with Gasteiger partial charge >= 0.3 is 0 Å². The summed E-state index contributed by atoms with van der Waals surface area (Å²) >= 11 is 0. The fourth-order valence-electron chi connectivity index (χ4n) is 1.27. The second kappa shape index (κ2) is 7.30. The molecule has 0 saturated carbocycles. The first-order valence-corrected chi connectivity index (χ1v) is 5.20. The van der Waals surface area contributed by atoms with Crippen LogP contribution < -0.4 is 0 Å². The van der Waals surface area contributed by atoms with Crippen LogP contribution >= 0.6 is 0 Å². The number of hydrogen-bond donors (Lipinski definition) is 0. The minimum Gasteiger partial charge on any atom is -0.383 e. The molecule has 0 saturated heterocycles. The number of amides is 1. The standard InChI is InChI=1S/C11H14N4O2/c1-17-8-7-15(6-2-3-12)11(16)10-9-13-4-5-14-10/h4-5,9H,2,6-8H2,1H3. The highest BCUT2D eigenvalue weighted by molar-refractivity contribution is 5.91. The van der Waals surface area contributed by atoms with Gasteiger partial charge in [0, 0.05) is 32.6 Å². The Labute approximate surface area is 99.9 Å². The first-order valence-electron chi connectivity index (χ1n) is 5.20. The van der Waals surface area contributed by atoms with Gasteiger partial charge in [0.05, 0.1) is 25.3 Å². The molecule has 1 heterocycles. The van der Waals surface area contributed by atoms with Crippen molar-refractivity contribution in [2.24, 2.45) is 0 Å². The van der Waals surface area contributed by atoms with Crippen LogP contribution in [-0.4, -0.2) is 47.6 Å². The number of nitrogens with zero attached hydrogens (tertiary/aromatic N) is 4. The molecule has 0 aromatic carbocycles. The lowest BCUT2D eigenvalue weighted by Gasteiger charge is -2.20. The first-order chi connectivity index (χ1) is 8.29. The second-order valence-electron chi connectivity index (χ2n) is 3.28. The van der Waals surface area contributed by atoms with Crippen molar-refractivity contribution in [3.05, 3.63) is 24.3 Å². The Kier molecular flexibility index (Phi) is 5.61. The number of methoxy groups -OCH3 is 1. The summed E-state index contributed by atoms with van der Waals surface area (Å²) in [6.45, 7) is 1.24. The molecule has 0 aliphatic carbocycles. The van der Waals surface area contributed by atoms with Gasteiger partial charge in [-0.2, -0.15) is 5.26 Å². The minimum absolute atomic E-state index is 0.231. The van der Waals surface area contributed by atoms with Crippen LogP contribution in [0.3, 0.4) is 0 Å². The predicted molar refractivity (Wildman–Crippen MR) is 60.0 cm³/mol. The van der Waals surface area contributed by atoms with Crippen molar-refractivity contribution in [1.29, 1.82) is 5.26 Å². The summed E-state index contributed by atoms with van der Waals surface area (Å²) in [7, 11) is 1.56. The van der Waals surface area contributed by atoms with E-state index < -0.39 is 0 Å². The predicted octanol–water partition coefficient (Wildman–Crippen LogP) is 0.479. The Morgan fingerprint density at radius 1 is 1.53 bits per heavy atom. The molecular formula is C11H14N4O2. The van der Waals surface area contributed by atoms with E-state index in [1.807, 2.05) is 6.07 Å². The SMILES string of the molecule is COCCN(CCC#N)C(=O)c1cnccn1. The second-order valence-corrected chi connectivity index (χ2v) is 3.28. The van der Waals surface area contributed by atoms with E-state index in [4.69, 9.17) is 10.00 Å². The van der Waals surface area contributed by atoms with Gasteiger partial charge in [-0.3, -0.25) is 9.78 Å². The molecule has 0 bridgehead atoms. The fraction of sp³-hybridized carbons (Fsp3) is 0.455. The molecule has 0 N–H and O–H groups in total. The maximum atomic E-state index is 12.0. The summed E-state index contributed by atoms with van der Waals surface area (Å²) in [5.41, 5.74) is 0.279. The zero-order valence-corrected chi connectivity index (χ0v) is 9.67. The van der Waals surface area contributed by atoms with Crippen LogP contribution in [0.5, 0.6) is 0 Å². The van der Waals surface area contributed by atoms with Gasteiger partial charge in [0.1, 0.15) is 5.69 Å². The highest BCUT2D eigenvalue weighted by atomic mass is 16.5. The summed E-state index contributed by atoms with van der Waals surface area (Å²) in [5.74, 6) is -0.231. The van der Waals surface area contributed by atoms with Crippen LogP contribution in [0.25, 0.3) is 0 Å². The van der Waals surface area contributed by atoms with Gasteiger partial charge in [-0.05, 0) is 0 Å². The highest BCUT2D eigenvalue weighted by Crippen LogP contribution is 2.01. The number of carbonyl (C=O) groups excluding carboxylic acids is 1. The lowest BCUT2D eigenvalue weighted by molar-refractivity contribution is 0.0693. The summed E-state index contributed by atoms with van der Waals surface area (Å²) < 4.78 is 4.93. The van der Waals surface area contributed by atoms with Crippen molar-refractivity contribution in [2.45, 2.75) is 6.42 Å². The largest absolute Gasteiger partial charge is 0.383 e. The number of carbonyl (C=O) groups is 1. The molecular weight excluding hydrogens is 220 g/mol. The number of nitriles is 1. The van der Waals surface area contributed by atoms with E-state index >= 15 is 0 Å². The highest BCUT2D eigenvalue weighted by Gasteiger charge is 2.16. The molecule has 6 nitrogen and oxygen atoms in total. The third-order valence-corrected chi connectivity index (χ3v) is 2.13. The Balaban J connectivity index is 2.68. The summed E-state index contributed by atoms with van der Waals surface area (Å²) in [6.07, 6.45) is 4.67. The van der Waals surface area contributed by atoms with Gasteiger partial charge in [0.25, 0.3) is 5.91 Å².